The zero-order valence-corrected chi connectivity index (χ0v) is 18.6. The van der Waals surface area contributed by atoms with Gasteiger partial charge in [0.25, 0.3) is 0 Å². The molecule has 0 spiro atoms. The number of anilines is 1. The Morgan fingerprint density at radius 2 is 2.16 bits per heavy atom. The lowest BCUT2D eigenvalue weighted by atomic mass is 9.88. The van der Waals surface area contributed by atoms with E-state index in [-0.39, 0.29) is 11.9 Å². The van der Waals surface area contributed by atoms with Crippen molar-refractivity contribution in [1.29, 1.82) is 0 Å². The van der Waals surface area contributed by atoms with Gasteiger partial charge in [-0.25, -0.2) is 4.79 Å². The Hall–Kier alpha value is -3.06. The fourth-order valence-electron chi connectivity index (χ4n) is 3.82. The van der Waals surface area contributed by atoms with Gasteiger partial charge in [-0.15, -0.1) is 11.3 Å². The average molecular weight is 440 g/mol. The van der Waals surface area contributed by atoms with E-state index in [1.807, 2.05) is 24.3 Å². The summed E-state index contributed by atoms with van der Waals surface area (Å²) >= 11 is 1.47. The molecule has 1 aliphatic carbocycles. The monoisotopic (exact) mass is 439 g/mol. The summed E-state index contributed by atoms with van der Waals surface area (Å²) in [7, 11) is 1.61. The van der Waals surface area contributed by atoms with E-state index in [1.54, 1.807) is 20.1 Å². The highest BCUT2D eigenvalue weighted by Gasteiger charge is 2.28. The molecule has 31 heavy (non-hydrogen) atoms. The van der Waals surface area contributed by atoms with Crippen molar-refractivity contribution in [1.82, 2.24) is 0 Å². The largest absolute Gasteiger partial charge is 0.497 e. The summed E-state index contributed by atoms with van der Waals surface area (Å²) in [6, 6.07) is 7.37. The van der Waals surface area contributed by atoms with Gasteiger partial charge in [0.2, 0.25) is 5.91 Å². The highest BCUT2D eigenvalue weighted by atomic mass is 32.1. The maximum atomic E-state index is 12.6. The summed E-state index contributed by atoms with van der Waals surface area (Å²) in [6.45, 7) is 4.28. The molecule has 1 atom stereocenters. The van der Waals surface area contributed by atoms with Crippen molar-refractivity contribution in [3.63, 3.8) is 0 Å². The van der Waals surface area contributed by atoms with Crippen LogP contribution in [0.1, 0.15) is 46.8 Å². The molecule has 1 N–H and O–H groups in total. The highest BCUT2D eigenvalue weighted by molar-refractivity contribution is 7.17. The van der Waals surface area contributed by atoms with Crippen molar-refractivity contribution in [3.05, 3.63) is 52.1 Å². The van der Waals surface area contributed by atoms with E-state index >= 15 is 0 Å². The molecule has 0 saturated heterocycles. The molecule has 1 amide bonds. The number of thiophene rings is 1. The van der Waals surface area contributed by atoms with E-state index < -0.39 is 0 Å². The average Bonchev–Trinajstić information content (AvgIpc) is 3.31. The van der Waals surface area contributed by atoms with Crippen LogP contribution in [0, 0.1) is 5.92 Å². The van der Waals surface area contributed by atoms with Gasteiger partial charge in [0.1, 0.15) is 22.1 Å². The first kappa shape index (κ1) is 21.2. The van der Waals surface area contributed by atoms with Crippen LogP contribution in [0.25, 0.3) is 17.0 Å². The number of benzene rings is 1. The summed E-state index contributed by atoms with van der Waals surface area (Å²) in [4.78, 5) is 26.3. The molecular weight excluding hydrogens is 414 g/mol. The lowest BCUT2D eigenvalue weighted by Gasteiger charge is -2.18. The number of rotatable bonds is 6. The van der Waals surface area contributed by atoms with Gasteiger partial charge < -0.3 is 19.2 Å². The van der Waals surface area contributed by atoms with E-state index in [1.165, 1.54) is 17.4 Å². The van der Waals surface area contributed by atoms with Crippen molar-refractivity contribution in [3.8, 4) is 5.75 Å². The smallest absolute Gasteiger partial charge is 0.341 e. The Bertz CT molecular complexity index is 1160. The fraction of sp³-hybridized carbons (Fsp3) is 0.333. The topological polar surface area (TPSA) is 77.8 Å². The number of hydrogen-bond donors (Lipinski definition) is 1. The van der Waals surface area contributed by atoms with E-state index in [0.29, 0.717) is 34.4 Å². The molecule has 2 heterocycles. The van der Waals surface area contributed by atoms with Crippen LogP contribution >= 0.6 is 11.3 Å². The normalized spacial score (nSPS) is 15.8. The Labute approximate surface area is 184 Å². The second kappa shape index (κ2) is 8.98. The molecule has 1 aromatic carbocycles. The van der Waals surface area contributed by atoms with Crippen LogP contribution in [-0.2, 0) is 22.4 Å². The third-order valence-corrected chi connectivity index (χ3v) is 6.54. The Morgan fingerprint density at radius 1 is 1.32 bits per heavy atom. The first-order valence-electron chi connectivity index (χ1n) is 10.4. The molecule has 0 radical (unpaired) electrons. The molecule has 0 bridgehead atoms. The molecule has 0 fully saturated rings. The van der Waals surface area contributed by atoms with Crippen LogP contribution in [0.4, 0.5) is 5.00 Å². The third-order valence-electron chi connectivity index (χ3n) is 5.37. The fourth-order valence-corrected chi connectivity index (χ4v) is 5.22. The molecule has 4 rings (SSSR count). The van der Waals surface area contributed by atoms with Crippen LogP contribution in [0.15, 0.2) is 34.8 Å². The number of fused-ring (bicyclic) bond motifs is 2. The number of carbonyl (C=O) groups is 2. The lowest BCUT2D eigenvalue weighted by molar-refractivity contribution is -0.111. The molecular formula is C24H25NO5S. The summed E-state index contributed by atoms with van der Waals surface area (Å²) < 4.78 is 16.2. The molecule has 6 nitrogen and oxygen atoms in total. The zero-order chi connectivity index (χ0) is 22.0. The van der Waals surface area contributed by atoms with Crippen LogP contribution in [0.2, 0.25) is 0 Å². The van der Waals surface area contributed by atoms with Gasteiger partial charge in [-0.3, -0.25) is 4.79 Å². The number of amides is 1. The van der Waals surface area contributed by atoms with Gasteiger partial charge in [-0.2, -0.15) is 0 Å². The predicted molar refractivity (Wildman–Crippen MR) is 122 cm³/mol. The number of furan rings is 1. The second-order valence-electron chi connectivity index (χ2n) is 7.65. The minimum Gasteiger partial charge on any atom is -0.497 e. The minimum absolute atomic E-state index is 0.296. The van der Waals surface area contributed by atoms with Crippen LogP contribution in [0.5, 0.6) is 5.75 Å². The SMILES string of the molecule is CCOC(=O)c1c(NC(=O)C=Cc2cc3cc(OC)ccc3o2)sc2c1CCC(C)C2. The molecule has 2 aromatic heterocycles. The molecule has 0 saturated carbocycles. The summed E-state index contributed by atoms with van der Waals surface area (Å²) in [5.41, 5.74) is 2.24. The zero-order valence-electron chi connectivity index (χ0n) is 17.8. The molecule has 7 heteroatoms. The number of methoxy groups -OCH3 is 1. The molecule has 1 aliphatic rings. The quantitative estimate of drug-likeness (QED) is 0.408. The van der Waals surface area contributed by atoms with Gasteiger partial charge >= 0.3 is 5.97 Å². The maximum Gasteiger partial charge on any atom is 0.341 e. The van der Waals surface area contributed by atoms with Crippen molar-refractivity contribution in [2.75, 3.05) is 19.0 Å². The predicted octanol–water partition coefficient (Wildman–Crippen LogP) is 5.46. The Morgan fingerprint density at radius 3 is 2.94 bits per heavy atom. The first-order valence-corrected chi connectivity index (χ1v) is 11.2. The van der Waals surface area contributed by atoms with Gasteiger partial charge in [0, 0.05) is 16.3 Å². The Kier molecular flexibility index (Phi) is 6.13. The number of ether oxygens (including phenoxy) is 2. The standard InChI is InChI=1S/C24H25NO5S/c1-4-29-24(27)22-18-8-5-14(2)11-20(18)31-23(22)25-21(26)10-7-17-13-15-12-16(28-3)6-9-19(15)30-17/h6-7,9-10,12-14H,4-5,8,11H2,1-3H3,(H,25,26). The summed E-state index contributed by atoms with van der Waals surface area (Å²) in [6.07, 6.45) is 5.79. The van der Waals surface area contributed by atoms with Crippen LogP contribution in [-0.4, -0.2) is 25.6 Å². The van der Waals surface area contributed by atoms with Crippen LogP contribution in [0.3, 0.4) is 0 Å². The molecule has 0 aliphatic heterocycles. The van der Waals surface area contributed by atoms with Crippen LogP contribution < -0.4 is 10.1 Å². The minimum atomic E-state index is -0.375. The first-order chi connectivity index (χ1) is 15.0. The van der Waals surface area contributed by atoms with E-state index in [0.717, 1.165) is 40.8 Å². The summed E-state index contributed by atoms with van der Waals surface area (Å²) in [5.74, 6) is 1.17. The number of esters is 1. The number of hydrogen-bond acceptors (Lipinski definition) is 6. The van der Waals surface area contributed by atoms with E-state index in [4.69, 9.17) is 13.9 Å². The van der Waals surface area contributed by atoms with Gasteiger partial charge in [0.05, 0.1) is 19.3 Å². The second-order valence-corrected chi connectivity index (χ2v) is 8.76. The molecule has 162 valence electrons. The number of carbonyl (C=O) groups excluding carboxylic acids is 2. The third kappa shape index (κ3) is 4.51. The number of nitrogens with one attached hydrogen (secondary N) is 1. The van der Waals surface area contributed by atoms with Crippen molar-refractivity contribution < 1.29 is 23.5 Å². The van der Waals surface area contributed by atoms with E-state index in [9.17, 15) is 9.59 Å². The van der Waals surface area contributed by atoms with E-state index in [2.05, 4.69) is 12.2 Å². The molecule has 3 aromatic rings. The van der Waals surface area contributed by atoms with Gasteiger partial charge in [-0.05, 0) is 68.0 Å². The van der Waals surface area contributed by atoms with Crippen molar-refractivity contribution in [2.45, 2.75) is 33.1 Å². The Balaban J connectivity index is 1.54. The van der Waals surface area contributed by atoms with Crippen molar-refractivity contribution >= 4 is 45.3 Å². The summed E-state index contributed by atoms with van der Waals surface area (Å²) in [5, 5.41) is 4.32. The lowest BCUT2D eigenvalue weighted by Crippen LogP contribution is -2.15. The van der Waals surface area contributed by atoms with Crippen molar-refractivity contribution in [2.24, 2.45) is 5.92 Å². The maximum absolute atomic E-state index is 12.6. The molecule has 1 unspecified atom stereocenters. The van der Waals surface area contributed by atoms with Gasteiger partial charge in [-0.1, -0.05) is 6.92 Å². The van der Waals surface area contributed by atoms with Gasteiger partial charge in [0.15, 0.2) is 0 Å². The highest BCUT2D eigenvalue weighted by Crippen LogP contribution is 2.40.